The second-order valence-electron chi connectivity index (χ2n) is 8.35. The predicted molar refractivity (Wildman–Crippen MR) is 121 cm³/mol. The summed E-state index contributed by atoms with van der Waals surface area (Å²) in [4.78, 5) is 14.2. The van der Waals surface area contributed by atoms with Crippen molar-refractivity contribution in [3.05, 3.63) is 53.3 Å². The fraction of sp³-hybridized carbons (Fsp3) is 0.417. The number of benzene rings is 2. The third-order valence-electron chi connectivity index (χ3n) is 5.64. The normalized spacial score (nSPS) is 17.4. The molecule has 2 aromatic carbocycles. The second-order valence-corrected chi connectivity index (χ2v) is 8.35. The van der Waals surface area contributed by atoms with Gasteiger partial charge < -0.3 is 14.4 Å². The first-order valence-corrected chi connectivity index (χ1v) is 10.4. The van der Waals surface area contributed by atoms with E-state index in [-0.39, 0.29) is 18.0 Å². The van der Waals surface area contributed by atoms with Gasteiger partial charge in [0.2, 0.25) is 0 Å². The zero-order valence-electron chi connectivity index (χ0n) is 18.7. The molecule has 0 aliphatic carbocycles. The first-order chi connectivity index (χ1) is 14.7. The summed E-state index contributed by atoms with van der Waals surface area (Å²) in [6, 6.07) is 10.3. The van der Waals surface area contributed by atoms with Gasteiger partial charge in [-0.15, -0.1) is 0 Å². The molecule has 1 heterocycles. The van der Waals surface area contributed by atoms with Crippen LogP contribution in [0.25, 0.3) is 0 Å². The van der Waals surface area contributed by atoms with Gasteiger partial charge in [-0.2, -0.15) is 5.10 Å². The van der Waals surface area contributed by atoms with Crippen molar-refractivity contribution in [2.24, 2.45) is 5.10 Å². The van der Waals surface area contributed by atoms with E-state index in [1.54, 1.807) is 37.4 Å². The number of carbonyl (C=O) groups excluding carboxylic acids is 1. The van der Waals surface area contributed by atoms with E-state index in [9.17, 15) is 9.18 Å². The van der Waals surface area contributed by atoms with Gasteiger partial charge in [0.15, 0.2) is 6.61 Å². The van der Waals surface area contributed by atoms with Gasteiger partial charge in [0.05, 0.1) is 13.3 Å². The Morgan fingerprint density at radius 3 is 2.61 bits per heavy atom. The highest BCUT2D eigenvalue weighted by Crippen LogP contribution is 2.43. The number of nitrogens with zero attached hydrogens (tertiary/aromatic N) is 2. The Morgan fingerprint density at radius 1 is 1.29 bits per heavy atom. The number of fused-ring (bicyclic) bond motifs is 1. The van der Waals surface area contributed by atoms with Gasteiger partial charge in [0.1, 0.15) is 17.3 Å². The maximum atomic E-state index is 14.8. The monoisotopic (exact) mass is 427 g/mol. The average molecular weight is 428 g/mol. The molecule has 0 aromatic heterocycles. The van der Waals surface area contributed by atoms with Gasteiger partial charge in [0, 0.05) is 23.3 Å². The van der Waals surface area contributed by atoms with Crippen molar-refractivity contribution < 1.29 is 18.7 Å². The number of hydrogen-bond donors (Lipinski definition) is 1. The van der Waals surface area contributed by atoms with Crippen molar-refractivity contribution in [2.75, 3.05) is 25.2 Å². The molecule has 1 amide bonds. The van der Waals surface area contributed by atoms with Crippen LogP contribution in [0.4, 0.5) is 10.1 Å². The standard InChI is InChI=1S/C24H30FN3O3/c1-6-28-22-12-21(25)17(11-20(22)16(2)13-24(28,3)4)14-26-27-23(29)15-31-19-9-7-18(30-5)8-10-19/h7-12,14,16H,6,13,15H2,1-5H3,(H,27,29)/b26-14+. The van der Waals surface area contributed by atoms with E-state index in [1.165, 1.54) is 6.21 Å². The molecule has 0 saturated heterocycles. The Kier molecular flexibility index (Phi) is 6.83. The predicted octanol–water partition coefficient (Wildman–Crippen LogP) is 4.48. The van der Waals surface area contributed by atoms with Crippen LogP contribution < -0.4 is 19.8 Å². The first-order valence-electron chi connectivity index (χ1n) is 10.4. The lowest BCUT2D eigenvalue weighted by Crippen LogP contribution is -2.48. The maximum absolute atomic E-state index is 14.8. The van der Waals surface area contributed by atoms with E-state index in [4.69, 9.17) is 9.47 Å². The Bertz CT molecular complexity index is 957. The molecular weight excluding hydrogens is 397 g/mol. The molecule has 1 atom stereocenters. The van der Waals surface area contributed by atoms with Crippen molar-refractivity contribution in [1.82, 2.24) is 5.43 Å². The number of hydrogen-bond acceptors (Lipinski definition) is 5. The zero-order chi connectivity index (χ0) is 22.6. The minimum atomic E-state index is -0.433. The number of anilines is 1. The van der Waals surface area contributed by atoms with Crippen molar-refractivity contribution in [1.29, 1.82) is 0 Å². The van der Waals surface area contributed by atoms with Crippen molar-refractivity contribution in [3.8, 4) is 11.5 Å². The summed E-state index contributed by atoms with van der Waals surface area (Å²) in [5, 5.41) is 3.91. The van der Waals surface area contributed by atoms with E-state index < -0.39 is 5.91 Å². The molecule has 0 bridgehead atoms. The quantitative estimate of drug-likeness (QED) is 0.523. The highest BCUT2D eigenvalue weighted by molar-refractivity contribution is 5.84. The molecule has 0 spiro atoms. The Hall–Kier alpha value is -3.09. The van der Waals surface area contributed by atoms with Crippen LogP contribution in [0.2, 0.25) is 0 Å². The molecular formula is C24H30FN3O3. The number of halogens is 1. The van der Waals surface area contributed by atoms with Crippen molar-refractivity contribution >= 4 is 17.8 Å². The number of hydrazone groups is 1. The highest BCUT2D eigenvalue weighted by atomic mass is 19.1. The number of amides is 1. The number of ether oxygens (including phenoxy) is 2. The fourth-order valence-electron chi connectivity index (χ4n) is 4.25. The molecule has 1 aliphatic rings. The summed E-state index contributed by atoms with van der Waals surface area (Å²) >= 11 is 0. The van der Waals surface area contributed by atoms with E-state index >= 15 is 0 Å². The summed E-state index contributed by atoms with van der Waals surface area (Å²) in [7, 11) is 1.58. The number of carbonyl (C=O) groups is 1. The van der Waals surface area contributed by atoms with E-state index in [1.807, 2.05) is 6.07 Å². The van der Waals surface area contributed by atoms with Crippen LogP contribution in [-0.4, -0.2) is 37.9 Å². The van der Waals surface area contributed by atoms with Gasteiger partial charge in [-0.05, 0) is 75.1 Å². The molecule has 0 fully saturated rings. The first kappa shape index (κ1) is 22.6. The Labute approximate surface area is 183 Å². The van der Waals surface area contributed by atoms with Gasteiger partial charge in [0.25, 0.3) is 5.91 Å². The summed E-state index contributed by atoms with van der Waals surface area (Å²) in [6.45, 7) is 9.22. The minimum absolute atomic E-state index is 0.0267. The SMILES string of the molecule is CCN1c2cc(F)c(/C=N/NC(=O)COc3ccc(OC)cc3)cc2C(C)CC1(C)C. The third-order valence-corrected chi connectivity index (χ3v) is 5.64. The molecule has 0 saturated carbocycles. The minimum Gasteiger partial charge on any atom is -0.497 e. The number of nitrogens with one attached hydrogen (secondary N) is 1. The second kappa shape index (κ2) is 9.37. The molecule has 1 aliphatic heterocycles. The molecule has 0 radical (unpaired) electrons. The lowest BCUT2D eigenvalue weighted by molar-refractivity contribution is -0.123. The molecule has 166 valence electrons. The summed E-state index contributed by atoms with van der Waals surface area (Å²) in [5.41, 5.74) is 4.72. The van der Waals surface area contributed by atoms with Crippen LogP contribution in [0.15, 0.2) is 41.5 Å². The van der Waals surface area contributed by atoms with Crippen LogP contribution in [0, 0.1) is 5.82 Å². The number of methoxy groups -OCH3 is 1. The van der Waals surface area contributed by atoms with E-state index in [0.717, 1.165) is 24.2 Å². The molecule has 6 nitrogen and oxygen atoms in total. The van der Waals surface area contributed by atoms with Crippen LogP contribution in [-0.2, 0) is 4.79 Å². The third kappa shape index (κ3) is 5.16. The highest BCUT2D eigenvalue weighted by Gasteiger charge is 2.36. The summed E-state index contributed by atoms with van der Waals surface area (Å²) in [5.74, 6) is 0.742. The van der Waals surface area contributed by atoms with E-state index in [2.05, 4.69) is 43.1 Å². The summed E-state index contributed by atoms with van der Waals surface area (Å²) < 4.78 is 25.2. The molecule has 7 heteroatoms. The van der Waals surface area contributed by atoms with Gasteiger partial charge in [-0.3, -0.25) is 4.79 Å². The molecule has 31 heavy (non-hydrogen) atoms. The maximum Gasteiger partial charge on any atom is 0.277 e. The van der Waals surface area contributed by atoms with Crippen LogP contribution >= 0.6 is 0 Å². The van der Waals surface area contributed by atoms with Gasteiger partial charge in [-0.1, -0.05) is 6.92 Å². The van der Waals surface area contributed by atoms with Gasteiger partial charge >= 0.3 is 0 Å². The lowest BCUT2D eigenvalue weighted by Gasteiger charge is -2.47. The number of rotatable bonds is 7. The zero-order valence-corrected chi connectivity index (χ0v) is 18.7. The average Bonchev–Trinajstić information content (AvgIpc) is 2.73. The van der Waals surface area contributed by atoms with E-state index in [0.29, 0.717) is 23.0 Å². The van der Waals surface area contributed by atoms with Crippen LogP contribution in [0.1, 0.15) is 51.2 Å². The fourth-order valence-corrected chi connectivity index (χ4v) is 4.25. The Morgan fingerprint density at radius 2 is 1.97 bits per heavy atom. The topological polar surface area (TPSA) is 63.2 Å². The van der Waals surface area contributed by atoms with Crippen molar-refractivity contribution in [2.45, 2.75) is 45.6 Å². The van der Waals surface area contributed by atoms with Gasteiger partial charge in [-0.25, -0.2) is 9.82 Å². The smallest absolute Gasteiger partial charge is 0.277 e. The Balaban J connectivity index is 1.64. The van der Waals surface area contributed by atoms with Crippen LogP contribution in [0.3, 0.4) is 0 Å². The molecule has 3 rings (SSSR count). The lowest BCUT2D eigenvalue weighted by atomic mass is 9.79. The molecule has 1 unspecified atom stereocenters. The largest absolute Gasteiger partial charge is 0.497 e. The van der Waals surface area contributed by atoms with Crippen molar-refractivity contribution in [3.63, 3.8) is 0 Å². The van der Waals surface area contributed by atoms with Crippen LogP contribution in [0.5, 0.6) is 11.5 Å². The molecule has 2 aromatic rings. The summed E-state index contributed by atoms with van der Waals surface area (Å²) in [6.07, 6.45) is 2.32. The molecule has 1 N–H and O–H groups in total.